The van der Waals surface area contributed by atoms with Crippen molar-refractivity contribution in [3.05, 3.63) is 53.1 Å². The smallest absolute Gasteiger partial charge is 0.226 e. The molecule has 1 atom stereocenters. The third-order valence-electron chi connectivity index (χ3n) is 5.98. The van der Waals surface area contributed by atoms with E-state index in [0.29, 0.717) is 25.9 Å². The summed E-state index contributed by atoms with van der Waals surface area (Å²) < 4.78 is 0. The largest absolute Gasteiger partial charge is 0.346 e. The Hall–Kier alpha value is -2.61. The lowest BCUT2D eigenvalue weighted by atomic mass is 9.74. The SMILES string of the molecule is Cc1nc2c([nH]1)C[C@@H](C(=O)N1CCC(C#N)(c3ccccc3)CC1)CC2. The molecule has 0 unspecified atom stereocenters. The first kappa shape index (κ1) is 16.8. The fourth-order valence-electron chi connectivity index (χ4n) is 4.42. The van der Waals surface area contributed by atoms with Crippen LogP contribution in [0.3, 0.4) is 0 Å². The highest BCUT2D eigenvalue weighted by Crippen LogP contribution is 2.36. The number of carbonyl (C=O) groups is 1. The van der Waals surface area contributed by atoms with Gasteiger partial charge in [0, 0.05) is 31.1 Å². The number of likely N-dealkylation sites (tertiary alicyclic amines) is 1. The van der Waals surface area contributed by atoms with Crippen molar-refractivity contribution < 1.29 is 4.79 Å². The number of aryl methyl sites for hydroxylation is 2. The summed E-state index contributed by atoms with van der Waals surface area (Å²) >= 11 is 0. The second-order valence-corrected chi connectivity index (χ2v) is 7.57. The number of nitriles is 1. The van der Waals surface area contributed by atoms with E-state index in [1.165, 1.54) is 0 Å². The van der Waals surface area contributed by atoms with Crippen LogP contribution in [0.25, 0.3) is 0 Å². The number of rotatable bonds is 2. The highest BCUT2D eigenvalue weighted by Gasteiger charge is 2.39. The van der Waals surface area contributed by atoms with E-state index in [1.807, 2.05) is 42.2 Å². The molecule has 0 spiro atoms. The number of nitrogens with zero attached hydrogens (tertiary/aromatic N) is 3. The van der Waals surface area contributed by atoms with E-state index in [-0.39, 0.29) is 11.8 Å². The summed E-state index contributed by atoms with van der Waals surface area (Å²) in [5.41, 5.74) is 2.86. The quantitative estimate of drug-likeness (QED) is 0.907. The first-order valence-corrected chi connectivity index (χ1v) is 9.41. The molecule has 26 heavy (non-hydrogen) atoms. The zero-order chi connectivity index (χ0) is 18.1. The second kappa shape index (κ2) is 6.60. The van der Waals surface area contributed by atoms with E-state index in [0.717, 1.165) is 42.0 Å². The highest BCUT2D eigenvalue weighted by atomic mass is 16.2. The molecule has 1 saturated heterocycles. The van der Waals surface area contributed by atoms with Gasteiger partial charge >= 0.3 is 0 Å². The van der Waals surface area contributed by atoms with Crippen molar-refractivity contribution in [1.82, 2.24) is 14.9 Å². The van der Waals surface area contributed by atoms with Gasteiger partial charge in [-0.1, -0.05) is 30.3 Å². The summed E-state index contributed by atoms with van der Waals surface area (Å²) in [6.07, 6.45) is 3.92. The summed E-state index contributed by atoms with van der Waals surface area (Å²) in [6, 6.07) is 12.5. The van der Waals surface area contributed by atoms with E-state index >= 15 is 0 Å². The minimum absolute atomic E-state index is 0.0358. The van der Waals surface area contributed by atoms with Crippen molar-refractivity contribution in [2.24, 2.45) is 5.92 Å². The van der Waals surface area contributed by atoms with E-state index in [2.05, 4.69) is 16.0 Å². The Morgan fingerprint density at radius 2 is 2.04 bits per heavy atom. The number of fused-ring (bicyclic) bond motifs is 1. The molecule has 5 heteroatoms. The third kappa shape index (κ3) is 2.90. The number of piperidine rings is 1. The fraction of sp³-hybridized carbons (Fsp3) is 0.476. The summed E-state index contributed by atoms with van der Waals surface area (Å²) in [6.45, 7) is 3.28. The lowest BCUT2D eigenvalue weighted by Gasteiger charge is -2.39. The molecule has 1 aromatic heterocycles. The molecule has 2 aliphatic rings. The number of aromatic amines is 1. The van der Waals surface area contributed by atoms with Crippen LogP contribution >= 0.6 is 0 Å². The summed E-state index contributed by atoms with van der Waals surface area (Å²) in [4.78, 5) is 22.8. The molecule has 1 aromatic carbocycles. The minimum atomic E-state index is -0.460. The van der Waals surface area contributed by atoms with Gasteiger partial charge in [0.25, 0.3) is 0 Å². The molecule has 1 fully saturated rings. The Labute approximate surface area is 154 Å². The monoisotopic (exact) mass is 348 g/mol. The molecule has 134 valence electrons. The van der Waals surface area contributed by atoms with Crippen LogP contribution in [0, 0.1) is 24.2 Å². The summed E-state index contributed by atoms with van der Waals surface area (Å²) in [5.74, 6) is 1.21. The standard InChI is InChI=1S/C21H24N4O/c1-15-23-18-8-7-16(13-19(18)24-15)20(26)25-11-9-21(14-22,10-12-25)17-5-3-2-4-6-17/h2-6,16H,7-13H2,1H3,(H,23,24)/t16-/m0/s1. The van der Waals surface area contributed by atoms with Crippen LogP contribution in [0.2, 0.25) is 0 Å². The topological polar surface area (TPSA) is 72.8 Å². The summed E-state index contributed by atoms with van der Waals surface area (Å²) in [7, 11) is 0. The lowest BCUT2D eigenvalue weighted by molar-refractivity contribution is -0.137. The van der Waals surface area contributed by atoms with Crippen molar-refractivity contribution in [1.29, 1.82) is 5.26 Å². The van der Waals surface area contributed by atoms with Crippen LogP contribution in [0.15, 0.2) is 30.3 Å². The van der Waals surface area contributed by atoms with E-state index in [9.17, 15) is 10.1 Å². The normalized spacial score (nSPS) is 21.7. The molecule has 1 aliphatic heterocycles. The Kier molecular flexibility index (Phi) is 4.28. The van der Waals surface area contributed by atoms with Gasteiger partial charge in [-0.3, -0.25) is 4.79 Å². The fourth-order valence-corrected chi connectivity index (χ4v) is 4.42. The van der Waals surface area contributed by atoms with Crippen molar-refractivity contribution >= 4 is 5.91 Å². The number of benzene rings is 1. The number of nitrogens with one attached hydrogen (secondary N) is 1. The number of H-pyrrole nitrogens is 1. The zero-order valence-electron chi connectivity index (χ0n) is 15.2. The second-order valence-electron chi connectivity index (χ2n) is 7.57. The Morgan fingerprint density at radius 1 is 1.31 bits per heavy atom. The first-order chi connectivity index (χ1) is 12.6. The first-order valence-electron chi connectivity index (χ1n) is 9.41. The maximum absolute atomic E-state index is 13.0. The molecule has 4 rings (SSSR count). The molecular weight excluding hydrogens is 324 g/mol. The van der Waals surface area contributed by atoms with Crippen LogP contribution in [-0.2, 0) is 23.1 Å². The lowest BCUT2D eigenvalue weighted by Crippen LogP contribution is -2.47. The van der Waals surface area contributed by atoms with Gasteiger partial charge in [0.05, 0.1) is 17.2 Å². The zero-order valence-corrected chi connectivity index (χ0v) is 15.2. The van der Waals surface area contributed by atoms with Gasteiger partial charge in [-0.2, -0.15) is 5.26 Å². The number of imidazole rings is 1. The number of carbonyl (C=O) groups excluding carboxylic acids is 1. The molecule has 0 radical (unpaired) electrons. The molecule has 1 N–H and O–H groups in total. The van der Waals surface area contributed by atoms with E-state index < -0.39 is 5.41 Å². The van der Waals surface area contributed by atoms with Crippen molar-refractivity contribution in [3.63, 3.8) is 0 Å². The van der Waals surface area contributed by atoms with Gasteiger partial charge in [0.2, 0.25) is 5.91 Å². The highest BCUT2D eigenvalue weighted by molar-refractivity contribution is 5.79. The van der Waals surface area contributed by atoms with Crippen LogP contribution < -0.4 is 0 Å². The summed E-state index contributed by atoms with van der Waals surface area (Å²) in [5, 5.41) is 9.82. The van der Waals surface area contributed by atoms with Crippen molar-refractivity contribution in [3.8, 4) is 6.07 Å². The average Bonchev–Trinajstić information content (AvgIpc) is 3.07. The molecule has 2 aromatic rings. The molecule has 0 saturated carbocycles. The molecule has 1 amide bonds. The molecular formula is C21H24N4O. The third-order valence-corrected chi connectivity index (χ3v) is 5.98. The van der Waals surface area contributed by atoms with E-state index in [4.69, 9.17) is 0 Å². The van der Waals surface area contributed by atoms with Crippen molar-refractivity contribution in [2.75, 3.05) is 13.1 Å². The van der Waals surface area contributed by atoms with Crippen LogP contribution in [0.4, 0.5) is 0 Å². The minimum Gasteiger partial charge on any atom is -0.346 e. The van der Waals surface area contributed by atoms with Gasteiger partial charge in [0.15, 0.2) is 0 Å². The Balaban J connectivity index is 1.43. The van der Waals surface area contributed by atoms with Gasteiger partial charge in [-0.25, -0.2) is 4.98 Å². The molecule has 0 bridgehead atoms. The Bertz CT molecular complexity index is 841. The van der Waals surface area contributed by atoms with Gasteiger partial charge in [-0.05, 0) is 38.2 Å². The Morgan fingerprint density at radius 3 is 2.73 bits per heavy atom. The van der Waals surface area contributed by atoms with Gasteiger partial charge in [0.1, 0.15) is 5.82 Å². The number of hydrogen-bond acceptors (Lipinski definition) is 3. The predicted octanol–water partition coefficient (Wildman–Crippen LogP) is 2.91. The number of aromatic nitrogens is 2. The maximum atomic E-state index is 13.0. The molecule has 2 heterocycles. The number of amides is 1. The average molecular weight is 348 g/mol. The molecule has 5 nitrogen and oxygen atoms in total. The van der Waals surface area contributed by atoms with Gasteiger partial charge < -0.3 is 9.88 Å². The van der Waals surface area contributed by atoms with Crippen molar-refractivity contribution in [2.45, 2.75) is 44.4 Å². The van der Waals surface area contributed by atoms with Crippen LogP contribution in [0.5, 0.6) is 0 Å². The predicted molar refractivity (Wildman–Crippen MR) is 98.4 cm³/mol. The van der Waals surface area contributed by atoms with Crippen LogP contribution in [-0.4, -0.2) is 33.9 Å². The molecule has 1 aliphatic carbocycles. The number of hydrogen-bond donors (Lipinski definition) is 1. The van der Waals surface area contributed by atoms with E-state index in [1.54, 1.807) is 0 Å². The van der Waals surface area contributed by atoms with Crippen LogP contribution in [0.1, 0.15) is 42.0 Å². The van der Waals surface area contributed by atoms with Gasteiger partial charge in [-0.15, -0.1) is 0 Å². The maximum Gasteiger partial charge on any atom is 0.226 e.